The molecule has 1 unspecified atom stereocenters. The molecule has 17 heavy (non-hydrogen) atoms. The molecule has 0 aromatic heterocycles. The lowest BCUT2D eigenvalue weighted by molar-refractivity contribution is 0.00629. The lowest BCUT2D eigenvalue weighted by Crippen LogP contribution is -2.40. The predicted octanol–water partition coefficient (Wildman–Crippen LogP) is 2.04. The standard InChI is InChI=1S/C13H27NO2S/c1-11(2)16-9-12(15)8-14-10-13(17-3)6-4-5-7-13/h11-12,14-15H,4-10H2,1-3H3. The second-order valence-corrected chi connectivity index (χ2v) is 6.54. The van der Waals surface area contributed by atoms with Crippen molar-refractivity contribution in [3.05, 3.63) is 0 Å². The van der Waals surface area contributed by atoms with Crippen molar-refractivity contribution < 1.29 is 9.84 Å². The molecule has 0 radical (unpaired) electrons. The average molecular weight is 261 g/mol. The van der Waals surface area contributed by atoms with E-state index in [1.807, 2.05) is 25.6 Å². The number of hydrogen-bond donors (Lipinski definition) is 2. The number of nitrogens with one attached hydrogen (secondary N) is 1. The summed E-state index contributed by atoms with van der Waals surface area (Å²) in [7, 11) is 0. The van der Waals surface area contributed by atoms with Gasteiger partial charge in [-0.1, -0.05) is 12.8 Å². The summed E-state index contributed by atoms with van der Waals surface area (Å²) in [5.74, 6) is 0. The lowest BCUT2D eigenvalue weighted by atomic mass is 10.1. The average Bonchev–Trinajstić information content (AvgIpc) is 2.76. The number of thioether (sulfide) groups is 1. The minimum atomic E-state index is -0.391. The van der Waals surface area contributed by atoms with Crippen LogP contribution >= 0.6 is 11.8 Å². The molecule has 0 saturated heterocycles. The van der Waals surface area contributed by atoms with Crippen LogP contribution in [0.25, 0.3) is 0 Å². The molecule has 3 nitrogen and oxygen atoms in total. The van der Waals surface area contributed by atoms with Gasteiger partial charge in [0.15, 0.2) is 0 Å². The van der Waals surface area contributed by atoms with Crippen molar-refractivity contribution in [1.29, 1.82) is 0 Å². The van der Waals surface area contributed by atoms with Crippen LogP contribution in [0.4, 0.5) is 0 Å². The molecule has 0 aliphatic heterocycles. The third-order valence-electron chi connectivity index (χ3n) is 3.40. The summed E-state index contributed by atoms with van der Waals surface area (Å²) in [4.78, 5) is 0. The second-order valence-electron chi connectivity index (χ2n) is 5.26. The second kappa shape index (κ2) is 7.62. The minimum Gasteiger partial charge on any atom is -0.389 e. The predicted molar refractivity (Wildman–Crippen MR) is 74.7 cm³/mol. The van der Waals surface area contributed by atoms with Gasteiger partial charge in [0.2, 0.25) is 0 Å². The molecule has 1 aliphatic carbocycles. The van der Waals surface area contributed by atoms with Crippen LogP contribution in [0.5, 0.6) is 0 Å². The van der Waals surface area contributed by atoms with E-state index in [0.29, 0.717) is 17.9 Å². The van der Waals surface area contributed by atoms with Gasteiger partial charge in [-0.15, -0.1) is 0 Å². The largest absolute Gasteiger partial charge is 0.389 e. The van der Waals surface area contributed by atoms with Crippen molar-refractivity contribution in [3.63, 3.8) is 0 Å². The molecule has 0 heterocycles. The van der Waals surface area contributed by atoms with Crippen LogP contribution in [0.15, 0.2) is 0 Å². The van der Waals surface area contributed by atoms with E-state index in [1.54, 1.807) is 0 Å². The molecule has 102 valence electrons. The van der Waals surface area contributed by atoms with Crippen LogP contribution in [0.3, 0.4) is 0 Å². The molecule has 0 amide bonds. The zero-order valence-electron chi connectivity index (χ0n) is 11.4. The minimum absolute atomic E-state index is 0.192. The van der Waals surface area contributed by atoms with E-state index in [4.69, 9.17) is 4.74 Å². The molecule has 1 fully saturated rings. The van der Waals surface area contributed by atoms with Gasteiger partial charge >= 0.3 is 0 Å². The molecule has 4 heteroatoms. The van der Waals surface area contributed by atoms with Crippen molar-refractivity contribution >= 4 is 11.8 Å². The van der Waals surface area contributed by atoms with Gasteiger partial charge in [-0.25, -0.2) is 0 Å². The highest BCUT2D eigenvalue weighted by Gasteiger charge is 2.32. The summed E-state index contributed by atoms with van der Waals surface area (Å²) in [6, 6.07) is 0. The monoisotopic (exact) mass is 261 g/mol. The summed E-state index contributed by atoms with van der Waals surface area (Å²) in [6.45, 7) is 6.04. The Bertz CT molecular complexity index is 206. The van der Waals surface area contributed by atoms with E-state index >= 15 is 0 Å². The Kier molecular flexibility index (Phi) is 6.85. The third-order valence-corrected chi connectivity index (χ3v) is 4.82. The topological polar surface area (TPSA) is 41.5 Å². The quantitative estimate of drug-likeness (QED) is 0.701. The fourth-order valence-electron chi connectivity index (χ4n) is 2.30. The van der Waals surface area contributed by atoms with Crippen LogP contribution in [0.1, 0.15) is 39.5 Å². The Balaban J connectivity index is 2.13. The Labute approximate surface area is 110 Å². The van der Waals surface area contributed by atoms with Crippen LogP contribution in [0.2, 0.25) is 0 Å². The van der Waals surface area contributed by atoms with Crippen LogP contribution in [0, 0.1) is 0 Å². The fourth-order valence-corrected chi connectivity index (χ4v) is 3.24. The zero-order valence-corrected chi connectivity index (χ0v) is 12.2. The van der Waals surface area contributed by atoms with Gasteiger partial charge in [0, 0.05) is 17.8 Å². The molecule has 1 aliphatic rings. The van der Waals surface area contributed by atoms with E-state index in [1.165, 1.54) is 25.7 Å². The Morgan fingerprint density at radius 2 is 2.00 bits per heavy atom. The first-order chi connectivity index (χ1) is 8.08. The maximum Gasteiger partial charge on any atom is 0.0897 e. The first-order valence-corrected chi connectivity index (χ1v) is 7.86. The van der Waals surface area contributed by atoms with E-state index in [9.17, 15) is 5.11 Å². The van der Waals surface area contributed by atoms with Crippen LogP contribution < -0.4 is 5.32 Å². The van der Waals surface area contributed by atoms with Crippen LogP contribution in [-0.2, 0) is 4.74 Å². The SMILES string of the molecule is CSC1(CNCC(O)COC(C)C)CCCC1. The summed E-state index contributed by atoms with van der Waals surface area (Å²) < 4.78 is 5.80. The van der Waals surface area contributed by atoms with Gasteiger partial charge in [0.1, 0.15) is 0 Å². The summed E-state index contributed by atoms with van der Waals surface area (Å²) in [6.07, 6.45) is 7.31. The van der Waals surface area contributed by atoms with Gasteiger partial charge in [-0.05, 0) is 32.9 Å². The molecule has 0 spiro atoms. The van der Waals surface area contributed by atoms with Crippen molar-refractivity contribution in [2.45, 2.75) is 56.5 Å². The van der Waals surface area contributed by atoms with Crippen LogP contribution in [-0.4, -0.2) is 48.0 Å². The van der Waals surface area contributed by atoms with Crippen molar-refractivity contribution in [3.8, 4) is 0 Å². The zero-order chi connectivity index (χ0) is 12.7. The molecule has 1 atom stereocenters. The smallest absolute Gasteiger partial charge is 0.0897 e. The molecule has 0 bridgehead atoms. The Morgan fingerprint density at radius 3 is 2.53 bits per heavy atom. The molecular weight excluding hydrogens is 234 g/mol. The summed E-state index contributed by atoms with van der Waals surface area (Å²) in [5.41, 5.74) is 0. The first-order valence-electron chi connectivity index (χ1n) is 6.63. The molecular formula is C13H27NO2S. The fraction of sp³-hybridized carbons (Fsp3) is 1.00. The maximum atomic E-state index is 9.73. The van der Waals surface area contributed by atoms with E-state index in [0.717, 1.165) is 6.54 Å². The maximum absolute atomic E-state index is 9.73. The Hall–Kier alpha value is 0.230. The normalized spacial score (nSPS) is 21.0. The van der Waals surface area contributed by atoms with Gasteiger partial charge in [-0.3, -0.25) is 0 Å². The van der Waals surface area contributed by atoms with Gasteiger partial charge < -0.3 is 15.2 Å². The highest BCUT2D eigenvalue weighted by atomic mass is 32.2. The van der Waals surface area contributed by atoms with Gasteiger partial charge in [0.25, 0.3) is 0 Å². The third kappa shape index (κ3) is 5.60. The van der Waals surface area contributed by atoms with Gasteiger partial charge in [-0.2, -0.15) is 11.8 Å². The lowest BCUT2D eigenvalue weighted by Gasteiger charge is -2.27. The molecule has 1 saturated carbocycles. The highest BCUT2D eigenvalue weighted by molar-refractivity contribution is 8.00. The molecule has 0 aromatic rings. The van der Waals surface area contributed by atoms with E-state index in [2.05, 4.69) is 11.6 Å². The number of hydrogen-bond acceptors (Lipinski definition) is 4. The van der Waals surface area contributed by atoms with E-state index in [-0.39, 0.29) is 6.10 Å². The summed E-state index contributed by atoms with van der Waals surface area (Å²) in [5, 5.41) is 13.1. The van der Waals surface area contributed by atoms with Crippen molar-refractivity contribution in [2.75, 3.05) is 26.0 Å². The number of aliphatic hydroxyl groups is 1. The Morgan fingerprint density at radius 1 is 1.35 bits per heavy atom. The number of aliphatic hydroxyl groups excluding tert-OH is 1. The molecule has 1 rings (SSSR count). The van der Waals surface area contributed by atoms with Gasteiger partial charge in [0.05, 0.1) is 18.8 Å². The van der Waals surface area contributed by atoms with E-state index < -0.39 is 6.10 Å². The first kappa shape index (κ1) is 15.3. The summed E-state index contributed by atoms with van der Waals surface area (Å²) >= 11 is 1.97. The van der Waals surface area contributed by atoms with Crippen molar-refractivity contribution in [2.24, 2.45) is 0 Å². The van der Waals surface area contributed by atoms with Crippen molar-refractivity contribution in [1.82, 2.24) is 5.32 Å². The molecule has 2 N–H and O–H groups in total. The number of ether oxygens (including phenoxy) is 1. The highest BCUT2D eigenvalue weighted by Crippen LogP contribution is 2.39. The molecule has 0 aromatic carbocycles. The number of rotatable bonds is 8.